The molecule has 4 aliphatic rings. The minimum Gasteiger partial charge on any atom is -0.491 e. The topological polar surface area (TPSA) is 81.2 Å². The summed E-state index contributed by atoms with van der Waals surface area (Å²) in [5, 5.41) is 3.42. The number of aromatic nitrogens is 2. The van der Waals surface area contributed by atoms with Gasteiger partial charge in [0, 0.05) is 49.7 Å². The van der Waals surface area contributed by atoms with Crippen LogP contribution in [0.25, 0.3) is 11.3 Å². The van der Waals surface area contributed by atoms with Gasteiger partial charge in [-0.2, -0.15) is 0 Å². The molecule has 0 radical (unpaired) electrons. The lowest BCUT2D eigenvalue weighted by atomic mass is 9.90. The highest BCUT2D eigenvalue weighted by Gasteiger charge is 2.29. The van der Waals surface area contributed by atoms with Crippen molar-refractivity contribution < 1.29 is 18.9 Å². The van der Waals surface area contributed by atoms with Gasteiger partial charge in [-0.3, -0.25) is 4.90 Å². The van der Waals surface area contributed by atoms with Crippen LogP contribution in [0.4, 0.5) is 17.3 Å². The number of nitrogens with one attached hydrogen (secondary N) is 1. The van der Waals surface area contributed by atoms with E-state index in [0.717, 1.165) is 91.9 Å². The number of hydrogen-bond acceptors (Lipinski definition) is 9. The van der Waals surface area contributed by atoms with Crippen molar-refractivity contribution in [3.8, 4) is 22.8 Å². The normalized spacial score (nSPS) is 20.1. The molecule has 4 heterocycles. The van der Waals surface area contributed by atoms with Gasteiger partial charge < -0.3 is 29.2 Å². The van der Waals surface area contributed by atoms with Crippen LogP contribution in [0.3, 0.4) is 0 Å². The number of aryl methyl sites for hydroxylation is 2. The first-order valence-corrected chi connectivity index (χ1v) is 13.6. The molecule has 198 valence electrons. The quantitative estimate of drug-likeness (QED) is 0.553. The maximum Gasteiger partial charge on any atom is 0.227 e. The van der Waals surface area contributed by atoms with Crippen LogP contribution < -0.4 is 19.7 Å². The maximum atomic E-state index is 6.28. The highest BCUT2D eigenvalue weighted by Crippen LogP contribution is 2.36. The Labute approximate surface area is 222 Å². The number of anilines is 3. The first-order chi connectivity index (χ1) is 18.8. The van der Waals surface area contributed by atoms with E-state index in [0.29, 0.717) is 38.4 Å². The largest absolute Gasteiger partial charge is 0.491 e. The predicted molar refractivity (Wildman–Crippen MR) is 145 cm³/mol. The van der Waals surface area contributed by atoms with Crippen LogP contribution >= 0.6 is 0 Å². The first kappa shape index (κ1) is 23.7. The molecule has 0 unspecified atom stereocenters. The fourth-order valence-electron chi connectivity index (χ4n) is 5.63. The van der Waals surface area contributed by atoms with Gasteiger partial charge in [0.15, 0.2) is 0 Å². The average molecular weight is 516 g/mol. The predicted octanol–water partition coefficient (Wildman–Crippen LogP) is 3.29. The maximum absolute atomic E-state index is 6.28. The van der Waals surface area contributed by atoms with E-state index in [1.54, 1.807) is 0 Å². The standard InChI is InChI=1S/C29H33N5O4/c1-2-21-17-30-29-31-22-4-6-26(34-9-7-33(8-10-34)23-18-36-19-23)27(15-22)38-14-12-35-11-13-37-24-5-3-20(1)25(16-24)28(21)32-29/h3-6,15-17,23H,1-2,7-14,18-19H2,(H,30,31,32). The van der Waals surface area contributed by atoms with Crippen LogP contribution in [0.1, 0.15) is 11.1 Å². The van der Waals surface area contributed by atoms with Gasteiger partial charge in [-0.15, -0.1) is 0 Å². The van der Waals surface area contributed by atoms with Crippen LogP contribution in [-0.2, 0) is 22.3 Å². The molecular formula is C29H33N5O4. The van der Waals surface area contributed by atoms with E-state index in [2.05, 4.69) is 50.4 Å². The van der Waals surface area contributed by atoms with Crippen molar-refractivity contribution in [3.63, 3.8) is 0 Å². The molecule has 9 heteroatoms. The Kier molecular flexibility index (Phi) is 6.48. The molecule has 1 N–H and O–H groups in total. The van der Waals surface area contributed by atoms with Crippen LogP contribution in [0.5, 0.6) is 11.5 Å². The first-order valence-electron chi connectivity index (χ1n) is 13.6. The summed E-state index contributed by atoms with van der Waals surface area (Å²) < 4.78 is 23.5. The smallest absolute Gasteiger partial charge is 0.227 e. The van der Waals surface area contributed by atoms with Crippen LogP contribution in [-0.4, -0.2) is 86.7 Å². The summed E-state index contributed by atoms with van der Waals surface area (Å²) in [7, 11) is 0. The SMILES string of the molecule is c1cc(N2CCN(C3COC3)CC2)c2cc1Nc1ncc3c(n1)-c1cc(ccc1CC3)OCCOCCO2. The molecule has 7 rings (SSSR count). The highest BCUT2D eigenvalue weighted by atomic mass is 16.5. The molecule has 2 aromatic carbocycles. The molecule has 0 saturated carbocycles. The monoisotopic (exact) mass is 515 g/mol. The fourth-order valence-corrected chi connectivity index (χ4v) is 5.63. The molecule has 6 bridgehead atoms. The minimum absolute atomic E-state index is 0.462. The van der Waals surface area contributed by atoms with E-state index < -0.39 is 0 Å². The highest BCUT2D eigenvalue weighted by molar-refractivity contribution is 5.73. The van der Waals surface area contributed by atoms with Gasteiger partial charge in [0.1, 0.15) is 24.7 Å². The number of ether oxygens (including phenoxy) is 4. The number of hydrogen-bond donors (Lipinski definition) is 1. The van der Waals surface area contributed by atoms with E-state index in [1.165, 1.54) is 5.56 Å². The average Bonchev–Trinajstić information content (AvgIpc) is 2.92. The zero-order valence-electron chi connectivity index (χ0n) is 21.5. The van der Waals surface area contributed by atoms with E-state index >= 15 is 0 Å². The van der Waals surface area contributed by atoms with Crippen molar-refractivity contribution in [3.05, 3.63) is 53.7 Å². The Morgan fingerprint density at radius 2 is 1.66 bits per heavy atom. The van der Waals surface area contributed by atoms with Crippen molar-refractivity contribution in [2.45, 2.75) is 18.9 Å². The molecule has 1 aliphatic carbocycles. The Morgan fingerprint density at radius 1 is 0.816 bits per heavy atom. The van der Waals surface area contributed by atoms with Gasteiger partial charge in [-0.05, 0) is 48.2 Å². The molecule has 2 fully saturated rings. The molecule has 0 spiro atoms. The number of piperazine rings is 1. The second-order valence-electron chi connectivity index (χ2n) is 10.2. The summed E-state index contributed by atoms with van der Waals surface area (Å²) in [6.45, 7) is 7.64. The Balaban J connectivity index is 1.17. The lowest BCUT2D eigenvalue weighted by Crippen LogP contribution is -2.56. The molecule has 0 amide bonds. The van der Waals surface area contributed by atoms with Gasteiger partial charge in [-0.25, -0.2) is 9.97 Å². The third kappa shape index (κ3) is 4.77. The summed E-state index contributed by atoms with van der Waals surface area (Å²) in [4.78, 5) is 14.5. The Bertz CT molecular complexity index is 1310. The zero-order chi connectivity index (χ0) is 25.3. The summed E-state index contributed by atoms with van der Waals surface area (Å²) in [5.74, 6) is 2.24. The number of benzene rings is 2. The van der Waals surface area contributed by atoms with Crippen molar-refractivity contribution >= 4 is 17.3 Å². The van der Waals surface area contributed by atoms with E-state index in [9.17, 15) is 0 Å². The van der Waals surface area contributed by atoms with Crippen molar-refractivity contribution in [2.75, 3.05) is 76.0 Å². The second kappa shape index (κ2) is 10.4. The molecule has 3 aliphatic heterocycles. The van der Waals surface area contributed by atoms with Gasteiger partial charge in [0.2, 0.25) is 5.95 Å². The lowest BCUT2D eigenvalue weighted by Gasteiger charge is -2.43. The van der Waals surface area contributed by atoms with Crippen molar-refractivity contribution in [1.82, 2.24) is 14.9 Å². The molecule has 2 saturated heterocycles. The summed E-state index contributed by atoms with van der Waals surface area (Å²) in [5.41, 5.74) is 6.53. The van der Waals surface area contributed by atoms with Crippen molar-refractivity contribution in [1.29, 1.82) is 0 Å². The molecule has 9 nitrogen and oxygen atoms in total. The van der Waals surface area contributed by atoms with Gasteiger partial charge >= 0.3 is 0 Å². The minimum atomic E-state index is 0.462. The summed E-state index contributed by atoms with van der Waals surface area (Å²) >= 11 is 0. The Hall–Kier alpha value is -3.40. The van der Waals surface area contributed by atoms with Crippen LogP contribution in [0.2, 0.25) is 0 Å². The summed E-state index contributed by atoms with van der Waals surface area (Å²) in [6, 6.07) is 13.1. The van der Waals surface area contributed by atoms with Gasteiger partial charge in [0.05, 0.1) is 43.9 Å². The molecule has 0 atom stereocenters. The fraction of sp³-hybridized carbons (Fsp3) is 0.448. The Morgan fingerprint density at radius 3 is 2.50 bits per heavy atom. The second-order valence-corrected chi connectivity index (χ2v) is 10.2. The van der Waals surface area contributed by atoms with Crippen LogP contribution in [0, 0.1) is 0 Å². The molecular weight excluding hydrogens is 482 g/mol. The number of rotatable bonds is 2. The number of fused-ring (bicyclic) bond motifs is 4. The van der Waals surface area contributed by atoms with E-state index in [4.69, 9.17) is 23.9 Å². The third-order valence-electron chi connectivity index (χ3n) is 7.85. The molecule has 3 aromatic rings. The van der Waals surface area contributed by atoms with Crippen molar-refractivity contribution in [2.24, 2.45) is 0 Å². The molecule has 1 aromatic heterocycles. The third-order valence-corrected chi connectivity index (χ3v) is 7.85. The summed E-state index contributed by atoms with van der Waals surface area (Å²) in [6.07, 6.45) is 3.86. The van der Waals surface area contributed by atoms with Gasteiger partial charge in [-0.1, -0.05) is 6.07 Å². The van der Waals surface area contributed by atoms with E-state index in [1.807, 2.05) is 12.3 Å². The number of nitrogens with zero attached hydrogens (tertiary/aromatic N) is 4. The van der Waals surface area contributed by atoms with Crippen LogP contribution in [0.15, 0.2) is 42.6 Å². The van der Waals surface area contributed by atoms with E-state index in [-0.39, 0.29) is 0 Å². The lowest BCUT2D eigenvalue weighted by molar-refractivity contribution is -0.0660. The van der Waals surface area contributed by atoms with Gasteiger partial charge in [0.25, 0.3) is 0 Å². The molecule has 38 heavy (non-hydrogen) atoms. The zero-order valence-corrected chi connectivity index (χ0v) is 21.5.